The molecule has 25 heteroatoms. The first-order chi connectivity index (χ1) is 20.0. The Morgan fingerprint density at radius 3 is 2.40 bits per heavy atom. The number of anilines is 1. The fourth-order valence-electron chi connectivity index (χ4n) is 3.89. The van der Waals surface area contributed by atoms with Crippen molar-refractivity contribution in [2.75, 3.05) is 18.9 Å². The summed E-state index contributed by atoms with van der Waals surface area (Å²) < 4.78 is 60.0. The molecule has 0 amide bonds. The van der Waals surface area contributed by atoms with Gasteiger partial charge in [-0.05, 0) is 0 Å². The number of imidazole rings is 1. The lowest BCUT2D eigenvalue weighted by atomic mass is 10.1. The molecule has 1 saturated heterocycles. The van der Waals surface area contributed by atoms with Gasteiger partial charge in [0.25, 0.3) is 11.2 Å². The predicted molar refractivity (Wildman–Crippen MR) is 139 cm³/mol. The number of rotatable bonds is 13. The van der Waals surface area contributed by atoms with E-state index in [9.17, 15) is 53.5 Å². The van der Waals surface area contributed by atoms with E-state index in [1.54, 1.807) is 0 Å². The Morgan fingerprint density at radius 1 is 1.07 bits per heavy atom. The van der Waals surface area contributed by atoms with Crippen molar-refractivity contribution in [3.05, 3.63) is 56.6 Å². The number of fused-ring (bicyclic) bond motifs is 1. The van der Waals surface area contributed by atoms with Crippen LogP contribution in [0, 0.1) is 10.1 Å². The number of phosphoric acid groups is 3. The fourth-order valence-corrected chi connectivity index (χ4v) is 7.40. The number of para-hydroxylation sites is 1. The number of ether oxygens (including phenoxy) is 1. The molecule has 22 nitrogen and oxygen atoms in total. The largest absolute Gasteiger partial charge is 0.490 e. The molecule has 236 valence electrons. The molecule has 1 aliphatic rings. The normalized spacial score (nSPS) is 24.8. The first-order valence-electron chi connectivity index (χ1n) is 11.6. The van der Waals surface area contributed by atoms with E-state index in [-0.39, 0.29) is 34.8 Å². The quantitative estimate of drug-likeness (QED) is 0.0704. The van der Waals surface area contributed by atoms with Crippen LogP contribution in [0.15, 0.2) is 35.4 Å². The van der Waals surface area contributed by atoms with Crippen LogP contribution in [0.4, 0.5) is 11.6 Å². The van der Waals surface area contributed by atoms with Crippen LogP contribution in [-0.4, -0.2) is 80.9 Å². The minimum atomic E-state index is -5.85. The monoisotopic (exact) mass is 672 g/mol. The number of hydrogen-bond donors (Lipinski definition) is 7. The number of aliphatic hydroxyl groups is 2. The third-order valence-corrected chi connectivity index (χ3v) is 9.98. The molecule has 1 aromatic carbocycles. The number of nitrogen functional groups attached to an aromatic ring is 1. The number of nitrogens with zero attached hydrogens (tertiary/aromatic N) is 4. The maximum absolute atomic E-state index is 12.3. The first-order valence-corrected chi connectivity index (χ1v) is 16.1. The molecular formula is C18H23N6O16P3. The summed E-state index contributed by atoms with van der Waals surface area (Å²) in [5.41, 5.74) is 4.28. The van der Waals surface area contributed by atoms with Gasteiger partial charge in [-0.2, -0.15) is 13.6 Å². The van der Waals surface area contributed by atoms with Crippen molar-refractivity contribution in [1.82, 2.24) is 19.5 Å². The Morgan fingerprint density at radius 2 is 1.72 bits per heavy atom. The van der Waals surface area contributed by atoms with E-state index in [0.29, 0.717) is 0 Å². The van der Waals surface area contributed by atoms with Crippen molar-refractivity contribution in [3.63, 3.8) is 0 Å². The SMILES string of the molecule is Nc1nc2c(ncn2[C@@H]2O[C@H](COP(=O)(O)OP(=O)(O)OP(=O)(O)OCCc3ccccc3[N+](=O)[O-])[C@@H](O)[C@H]2O)c(=O)[nH]1. The van der Waals surface area contributed by atoms with Gasteiger partial charge >= 0.3 is 23.5 Å². The minimum absolute atomic E-state index is 0.100. The topological polar surface area (TPSA) is 331 Å². The van der Waals surface area contributed by atoms with Gasteiger partial charge in [-0.1, -0.05) is 18.2 Å². The summed E-state index contributed by atoms with van der Waals surface area (Å²) in [7, 11) is -16.9. The average molecular weight is 672 g/mol. The molecule has 1 aliphatic heterocycles. The number of hydrogen-bond acceptors (Lipinski definition) is 16. The summed E-state index contributed by atoms with van der Waals surface area (Å²) in [4.78, 5) is 61.6. The molecule has 0 radical (unpaired) electrons. The molecule has 3 unspecified atom stereocenters. The van der Waals surface area contributed by atoms with Crippen molar-refractivity contribution >= 4 is 46.3 Å². The number of H-pyrrole nitrogens is 1. The Hall–Kier alpha value is -2.94. The number of nitro benzene ring substituents is 1. The zero-order valence-electron chi connectivity index (χ0n) is 21.3. The third-order valence-electron chi connectivity index (χ3n) is 5.69. The van der Waals surface area contributed by atoms with Gasteiger partial charge in [-0.3, -0.25) is 33.5 Å². The number of benzene rings is 1. The summed E-state index contributed by atoms with van der Waals surface area (Å²) in [5.74, 6) is -0.292. The number of aromatic nitrogens is 4. The minimum Gasteiger partial charge on any atom is -0.387 e. The van der Waals surface area contributed by atoms with Gasteiger partial charge in [0.2, 0.25) is 5.95 Å². The second-order valence-electron chi connectivity index (χ2n) is 8.66. The zero-order chi connectivity index (χ0) is 31.7. The number of aromatic amines is 1. The zero-order valence-corrected chi connectivity index (χ0v) is 23.9. The summed E-state index contributed by atoms with van der Waals surface area (Å²) in [6.07, 6.45) is -5.79. The van der Waals surface area contributed by atoms with Crippen LogP contribution < -0.4 is 11.3 Å². The predicted octanol–water partition coefficient (Wildman–Crippen LogP) is -0.161. The number of phosphoric ester groups is 2. The molecule has 3 aromatic rings. The first kappa shape index (κ1) is 33.0. The lowest BCUT2D eigenvalue weighted by molar-refractivity contribution is -0.385. The van der Waals surface area contributed by atoms with Gasteiger partial charge in [-0.25, -0.2) is 18.7 Å². The van der Waals surface area contributed by atoms with E-state index < -0.39 is 71.7 Å². The number of nitro groups is 1. The standard InChI is InChI=1S/C18H23N6O16P3/c19-18-21-15-12(16(27)22-18)20-8-23(15)17-14(26)13(25)11(38-17)7-37-42(32,33)40-43(34,35)39-41(30,31)36-6-5-9-3-1-2-4-10(9)24(28)29/h1-4,8,11,13-14,17,25-26H,5-7H2,(H,30,31)(H,32,33)(H,34,35)(H3,19,21,22,27)/t11-,13-,14-,17-/m1/s1. The van der Waals surface area contributed by atoms with Crippen LogP contribution in [0.25, 0.3) is 11.2 Å². The number of nitrogens with two attached hydrogens (primary N) is 1. The van der Waals surface area contributed by atoms with Crippen LogP contribution in [0.5, 0.6) is 0 Å². The van der Waals surface area contributed by atoms with E-state index in [1.807, 2.05) is 0 Å². The lowest BCUT2D eigenvalue weighted by Gasteiger charge is -2.20. The van der Waals surface area contributed by atoms with Crippen LogP contribution in [-0.2, 0) is 42.5 Å². The summed E-state index contributed by atoms with van der Waals surface area (Å²) >= 11 is 0. The van der Waals surface area contributed by atoms with Gasteiger partial charge in [0.05, 0.1) is 24.5 Å². The Labute approximate surface area is 238 Å². The molecule has 2 aromatic heterocycles. The van der Waals surface area contributed by atoms with Crippen LogP contribution in [0.1, 0.15) is 11.8 Å². The molecule has 4 rings (SSSR count). The van der Waals surface area contributed by atoms with Crippen molar-refractivity contribution in [3.8, 4) is 0 Å². The van der Waals surface area contributed by atoms with Crippen LogP contribution in [0.2, 0.25) is 0 Å². The molecule has 0 spiro atoms. The maximum Gasteiger partial charge on any atom is 0.490 e. The van der Waals surface area contributed by atoms with E-state index in [1.165, 1.54) is 24.3 Å². The average Bonchev–Trinajstić information content (AvgIpc) is 3.42. The molecule has 0 aliphatic carbocycles. The van der Waals surface area contributed by atoms with Gasteiger partial charge in [0, 0.05) is 18.1 Å². The van der Waals surface area contributed by atoms with Crippen molar-refractivity contribution in [1.29, 1.82) is 0 Å². The van der Waals surface area contributed by atoms with E-state index in [0.717, 1.165) is 10.9 Å². The Balaban J connectivity index is 1.33. The van der Waals surface area contributed by atoms with E-state index >= 15 is 0 Å². The maximum atomic E-state index is 12.3. The van der Waals surface area contributed by atoms with E-state index in [2.05, 4.69) is 32.6 Å². The smallest absolute Gasteiger partial charge is 0.387 e. The number of nitrogens with one attached hydrogen (secondary N) is 1. The Kier molecular flexibility index (Phi) is 9.64. The molecule has 0 saturated carbocycles. The van der Waals surface area contributed by atoms with Crippen LogP contribution >= 0.6 is 23.5 Å². The highest BCUT2D eigenvalue weighted by Crippen LogP contribution is 2.67. The highest BCUT2D eigenvalue weighted by molar-refractivity contribution is 7.66. The fraction of sp³-hybridized carbons (Fsp3) is 0.389. The highest BCUT2D eigenvalue weighted by Gasteiger charge is 2.47. The molecule has 0 bridgehead atoms. The summed E-state index contributed by atoms with van der Waals surface area (Å²) in [6, 6.07) is 5.35. The van der Waals surface area contributed by atoms with Crippen LogP contribution in [0.3, 0.4) is 0 Å². The highest BCUT2D eigenvalue weighted by atomic mass is 31.3. The molecule has 8 N–H and O–H groups in total. The molecule has 1 fully saturated rings. The molecule has 3 heterocycles. The summed E-state index contributed by atoms with van der Waals surface area (Å²) in [5, 5.41) is 31.8. The van der Waals surface area contributed by atoms with Crippen molar-refractivity contribution in [2.45, 2.75) is 31.0 Å². The second-order valence-corrected chi connectivity index (χ2v) is 13.3. The van der Waals surface area contributed by atoms with Gasteiger partial charge < -0.3 is 35.4 Å². The lowest BCUT2D eigenvalue weighted by Crippen LogP contribution is -2.33. The van der Waals surface area contributed by atoms with Gasteiger partial charge in [0.1, 0.15) is 18.3 Å². The van der Waals surface area contributed by atoms with Crippen molar-refractivity contribution < 1.29 is 65.9 Å². The van der Waals surface area contributed by atoms with Crippen molar-refractivity contribution in [2.24, 2.45) is 0 Å². The van der Waals surface area contributed by atoms with Gasteiger partial charge in [0.15, 0.2) is 17.4 Å². The Bertz CT molecular complexity index is 1710. The molecule has 7 atom stereocenters. The van der Waals surface area contributed by atoms with E-state index in [4.69, 9.17) is 10.5 Å². The molecule has 43 heavy (non-hydrogen) atoms. The number of aliphatic hydroxyl groups excluding tert-OH is 2. The third kappa shape index (κ3) is 7.97. The summed E-state index contributed by atoms with van der Waals surface area (Å²) in [6.45, 7) is -1.76. The molecular weight excluding hydrogens is 649 g/mol. The second kappa shape index (κ2) is 12.6. The van der Waals surface area contributed by atoms with Gasteiger partial charge in [-0.15, -0.1) is 0 Å².